The van der Waals surface area contributed by atoms with Gasteiger partial charge in [-0.05, 0) is 60.9 Å². The molecule has 0 saturated carbocycles. The smallest absolute Gasteiger partial charge is 0.303 e. The molecular weight excluding hydrogens is 449 g/mol. The minimum absolute atomic E-state index is 0.0118. The SMILES string of the molecule is Cc1oc(-c2ccccc2)nc1CCOc1ccc(CCC(=O)O)c(COc2ccccc2F)c1. The number of aromatic nitrogens is 1. The first-order chi connectivity index (χ1) is 17.0. The third kappa shape index (κ3) is 6.47. The molecule has 4 aromatic rings. The van der Waals surface area contributed by atoms with Gasteiger partial charge in [0.1, 0.15) is 18.1 Å². The Hall–Kier alpha value is -4.13. The lowest BCUT2D eigenvalue weighted by molar-refractivity contribution is -0.136. The highest BCUT2D eigenvalue weighted by atomic mass is 19.1. The molecule has 0 atom stereocenters. The lowest BCUT2D eigenvalue weighted by Gasteiger charge is -2.14. The van der Waals surface area contributed by atoms with Crippen molar-refractivity contribution in [2.24, 2.45) is 0 Å². The van der Waals surface area contributed by atoms with Gasteiger partial charge in [-0.3, -0.25) is 4.79 Å². The fraction of sp³-hybridized carbons (Fsp3) is 0.214. The molecule has 1 N–H and O–H groups in total. The standard InChI is InChI=1S/C28H26FNO5/c1-19-25(30-28(35-19)21-7-3-2-4-8-21)15-16-33-23-13-11-20(12-14-27(31)32)22(17-23)18-34-26-10-6-5-9-24(26)29/h2-11,13,17H,12,14-16,18H2,1H3,(H,31,32). The Labute approximate surface area is 203 Å². The molecule has 0 unspecified atom stereocenters. The van der Waals surface area contributed by atoms with Crippen molar-refractivity contribution in [1.29, 1.82) is 0 Å². The van der Waals surface area contributed by atoms with Crippen molar-refractivity contribution < 1.29 is 28.2 Å². The molecule has 0 spiro atoms. The molecule has 180 valence electrons. The molecule has 0 fully saturated rings. The van der Waals surface area contributed by atoms with Crippen molar-refractivity contribution in [3.8, 4) is 23.0 Å². The Morgan fingerprint density at radius 1 is 0.971 bits per heavy atom. The summed E-state index contributed by atoms with van der Waals surface area (Å²) in [6.07, 6.45) is 0.887. The van der Waals surface area contributed by atoms with E-state index in [1.807, 2.05) is 49.4 Å². The number of hydrogen-bond acceptors (Lipinski definition) is 5. The van der Waals surface area contributed by atoms with Crippen LogP contribution in [0.15, 0.2) is 77.2 Å². The molecule has 0 saturated heterocycles. The predicted molar refractivity (Wildman–Crippen MR) is 129 cm³/mol. The number of benzene rings is 3. The van der Waals surface area contributed by atoms with E-state index in [1.165, 1.54) is 6.07 Å². The van der Waals surface area contributed by atoms with Crippen LogP contribution in [-0.2, 0) is 24.2 Å². The van der Waals surface area contributed by atoms with E-state index in [4.69, 9.17) is 19.0 Å². The highest BCUT2D eigenvalue weighted by Gasteiger charge is 2.13. The second kappa shape index (κ2) is 11.3. The van der Waals surface area contributed by atoms with Gasteiger partial charge in [0.15, 0.2) is 11.6 Å². The van der Waals surface area contributed by atoms with Crippen molar-refractivity contribution in [1.82, 2.24) is 4.98 Å². The number of aliphatic carboxylic acids is 1. The molecule has 0 bridgehead atoms. The fourth-order valence-electron chi connectivity index (χ4n) is 3.66. The Bertz CT molecular complexity index is 1290. The summed E-state index contributed by atoms with van der Waals surface area (Å²) in [7, 11) is 0. The molecule has 4 rings (SSSR count). The van der Waals surface area contributed by atoms with Crippen LogP contribution in [0.1, 0.15) is 29.0 Å². The fourth-order valence-corrected chi connectivity index (χ4v) is 3.66. The molecule has 35 heavy (non-hydrogen) atoms. The third-order valence-corrected chi connectivity index (χ3v) is 5.53. The summed E-state index contributed by atoms with van der Waals surface area (Å²) in [4.78, 5) is 15.6. The number of nitrogens with zero attached hydrogens (tertiary/aromatic N) is 1. The summed E-state index contributed by atoms with van der Waals surface area (Å²) in [5, 5.41) is 9.07. The van der Waals surface area contributed by atoms with Gasteiger partial charge in [0.05, 0.1) is 12.3 Å². The Morgan fingerprint density at radius 3 is 2.51 bits per heavy atom. The summed E-state index contributed by atoms with van der Waals surface area (Å²) in [6, 6.07) is 21.3. The number of hydrogen-bond donors (Lipinski definition) is 1. The van der Waals surface area contributed by atoms with E-state index in [2.05, 4.69) is 4.98 Å². The van der Waals surface area contributed by atoms with Crippen molar-refractivity contribution in [3.05, 3.63) is 101 Å². The van der Waals surface area contributed by atoms with Crippen LogP contribution >= 0.6 is 0 Å². The molecule has 3 aromatic carbocycles. The Balaban J connectivity index is 1.43. The maximum Gasteiger partial charge on any atom is 0.303 e. The monoisotopic (exact) mass is 475 g/mol. The highest BCUT2D eigenvalue weighted by molar-refractivity contribution is 5.67. The van der Waals surface area contributed by atoms with Gasteiger partial charge in [-0.2, -0.15) is 0 Å². The van der Waals surface area contributed by atoms with Gasteiger partial charge in [0.25, 0.3) is 0 Å². The van der Waals surface area contributed by atoms with Gasteiger partial charge in [0.2, 0.25) is 5.89 Å². The van der Waals surface area contributed by atoms with Gasteiger partial charge >= 0.3 is 5.97 Å². The molecule has 1 aromatic heterocycles. The van der Waals surface area contributed by atoms with Crippen LogP contribution in [0.4, 0.5) is 4.39 Å². The van der Waals surface area contributed by atoms with Crippen molar-refractivity contribution in [2.45, 2.75) is 32.8 Å². The van der Waals surface area contributed by atoms with Gasteiger partial charge < -0.3 is 19.0 Å². The van der Waals surface area contributed by atoms with E-state index in [9.17, 15) is 9.18 Å². The van der Waals surface area contributed by atoms with Gasteiger partial charge in [-0.25, -0.2) is 9.37 Å². The summed E-state index contributed by atoms with van der Waals surface area (Å²) in [5.41, 5.74) is 3.30. The molecule has 7 heteroatoms. The first-order valence-electron chi connectivity index (χ1n) is 11.3. The van der Waals surface area contributed by atoms with E-state index in [0.29, 0.717) is 31.1 Å². The molecule has 0 amide bonds. The number of halogens is 1. The minimum Gasteiger partial charge on any atom is -0.493 e. The molecular formula is C28H26FNO5. The van der Waals surface area contributed by atoms with Gasteiger partial charge in [-0.15, -0.1) is 0 Å². The van der Waals surface area contributed by atoms with E-state index in [1.54, 1.807) is 24.3 Å². The number of rotatable bonds is 11. The molecule has 1 heterocycles. The second-order valence-electron chi connectivity index (χ2n) is 8.03. The van der Waals surface area contributed by atoms with Crippen LogP contribution in [0.2, 0.25) is 0 Å². The average Bonchev–Trinajstić information content (AvgIpc) is 3.23. The summed E-state index contributed by atoms with van der Waals surface area (Å²) in [6.45, 7) is 2.35. The number of oxazole rings is 1. The molecule has 0 radical (unpaired) electrons. The maximum atomic E-state index is 14.0. The number of para-hydroxylation sites is 1. The van der Waals surface area contributed by atoms with Crippen LogP contribution in [0.5, 0.6) is 11.5 Å². The number of carboxylic acid groups (broad SMARTS) is 1. The van der Waals surface area contributed by atoms with Crippen LogP contribution in [0.3, 0.4) is 0 Å². The van der Waals surface area contributed by atoms with Gasteiger partial charge in [0, 0.05) is 18.4 Å². The predicted octanol–water partition coefficient (Wildman–Crippen LogP) is 6.01. The molecule has 0 aliphatic carbocycles. The summed E-state index contributed by atoms with van der Waals surface area (Å²) >= 11 is 0. The second-order valence-corrected chi connectivity index (χ2v) is 8.03. The number of ether oxygens (including phenoxy) is 2. The van der Waals surface area contributed by atoms with Crippen LogP contribution in [0.25, 0.3) is 11.5 Å². The third-order valence-electron chi connectivity index (χ3n) is 5.53. The van der Waals surface area contributed by atoms with E-state index < -0.39 is 11.8 Å². The summed E-state index contributed by atoms with van der Waals surface area (Å²) in [5.74, 6) is 0.734. The Morgan fingerprint density at radius 2 is 1.74 bits per heavy atom. The zero-order valence-electron chi connectivity index (χ0n) is 19.4. The van der Waals surface area contributed by atoms with Crippen molar-refractivity contribution in [2.75, 3.05) is 6.61 Å². The van der Waals surface area contributed by atoms with E-state index >= 15 is 0 Å². The Kier molecular flexibility index (Phi) is 7.77. The number of aryl methyl sites for hydroxylation is 2. The maximum absolute atomic E-state index is 14.0. The highest BCUT2D eigenvalue weighted by Crippen LogP contribution is 2.24. The van der Waals surface area contributed by atoms with Crippen LogP contribution in [0, 0.1) is 12.7 Å². The van der Waals surface area contributed by atoms with E-state index in [0.717, 1.165) is 28.1 Å². The first kappa shape index (κ1) is 24.0. The molecule has 6 nitrogen and oxygen atoms in total. The van der Waals surface area contributed by atoms with Crippen molar-refractivity contribution >= 4 is 5.97 Å². The normalized spacial score (nSPS) is 10.8. The lowest BCUT2D eigenvalue weighted by atomic mass is 10.0. The van der Waals surface area contributed by atoms with E-state index in [-0.39, 0.29) is 18.8 Å². The molecule has 0 aliphatic heterocycles. The van der Waals surface area contributed by atoms with Crippen molar-refractivity contribution in [3.63, 3.8) is 0 Å². The van der Waals surface area contributed by atoms with Crippen LogP contribution < -0.4 is 9.47 Å². The first-order valence-corrected chi connectivity index (χ1v) is 11.3. The largest absolute Gasteiger partial charge is 0.493 e. The molecule has 0 aliphatic rings. The lowest BCUT2D eigenvalue weighted by Crippen LogP contribution is -2.07. The zero-order chi connectivity index (χ0) is 24.6. The number of carboxylic acids is 1. The summed E-state index contributed by atoms with van der Waals surface area (Å²) < 4.78 is 31.4. The van der Waals surface area contributed by atoms with Gasteiger partial charge in [-0.1, -0.05) is 36.4 Å². The quantitative estimate of drug-likeness (QED) is 0.286. The van der Waals surface area contributed by atoms with Crippen LogP contribution in [-0.4, -0.2) is 22.7 Å². The zero-order valence-corrected chi connectivity index (χ0v) is 19.4. The minimum atomic E-state index is -0.885. The number of carbonyl (C=O) groups is 1. The average molecular weight is 476 g/mol. The topological polar surface area (TPSA) is 81.8 Å².